The number of aliphatic hydroxyl groups excluding tert-OH is 1. The summed E-state index contributed by atoms with van der Waals surface area (Å²) < 4.78 is 20.3. The van der Waals surface area contributed by atoms with E-state index in [0.29, 0.717) is 26.4 Å². The molecule has 0 radical (unpaired) electrons. The molecule has 0 spiro atoms. The van der Waals surface area contributed by atoms with Crippen molar-refractivity contribution in [2.75, 3.05) is 39.6 Å². The average Bonchev–Trinajstić information content (AvgIpc) is 2.99. The summed E-state index contributed by atoms with van der Waals surface area (Å²) in [4.78, 5) is 0. The molecular weight excluding hydrogens is 188 g/mol. The van der Waals surface area contributed by atoms with Crippen LogP contribution in [-0.4, -0.2) is 63.1 Å². The maximum Gasteiger partial charge on any atom is 0.104 e. The lowest BCUT2D eigenvalue weighted by molar-refractivity contribution is -0.0239. The third-order valence-corrected chi connectivity index (χ3v) is 2.03. The Hall–Kier alpha value is -0.200. The Morgan fingerprint density at radius 3 is 1.86 bits per heavy atom. The second kappa shape index (κ2) is 5.04. The van der Waals surface area contributed by atoms with Crippen LogP contribution in [0, 0.1) is 0 Å². The molecule has 0 bridgehead atoms. The van der Waals surface area contributed by atoms with Gasteiger partial charge in [-0.2, -0.15) is 0 Å². The third-order valence-electron chi connectivity index (χ3n) is 2.03. The first kappa shape index (κ1) is 10.3. The van der Waals surface area contributed by atoms with E-state index in [4.69, 9.17) is 18.9 Å². The highest BCUT2D eigenvalue weighted by atomic mass is 16.6. The van der Waals surface area contributed by atoms with E-state index < -0.39 is 6.10 Å². The van der Waals surface area contributed by atoms with Crippen molar-refractivity contribution in [3.8, 4) is 0 Å². The molecule has 2 fully saturated rings. The normalized spacial score (nSPS) is 31.5. The summed E-state index contributed by atoms with van der Waals surface area (Å²) in [6, 6.07) is 0. The molecule has 0 aromatic heterocycles. The second-order valence-electron chi connectivity index (χ2n) is 3.64. The zero-order valence-corrected chi connectivity index (χ0v) is 8.05. The molecule has 2 aliphatic heterocycles. The minimum absolute atomic E-state index is 0.253. The van der Waals surface area contributed by atoms with Crippen molar-refractivity contribution in [2.24, 2.45) is 0 Å². The molecule has 0 amide bonds. The monoisotopic (exact) mass is 204 g/mol. The van der Waals surface area contributed by atoms with Gasteiger partial charge < -0.3 is 24.1 Å². The molecule has 2 rings (SSSR count). The highest BCUT2D eigenvalue weighted by Crippen LogP contribution is 2.09. The topological polar surface area (TPSA) is 63.8 Å². The van der Waals surface area contributed by atoms with Crippen molar-refractivity contribution in [2.45, 2.75) is 18.3 Å². The van der Waals surface area contributed by atoms with Crippen molar-refractivity contribution in [1.29, 1.82) is 0 Å². The first-order chi connectivity index (χ1) is 6.84. The Bertz CT molecular complexity index is 149. The summed E-state index contributed by atoms with van der Waals surface area (Å²) in [5.41, 5.74) is 0. The number of aliphatic hydroxyl groups is 1. The van der Waals surface area contributed by atoms with Crippen LogP contribution in [0.3, 0.4) is 0 Å². The van der Waals surface area contributed by atoms with Crippen molar-refractivity contribution in [3.63, 3.8) is 0 Å². The fraction of sp³-hybridized carbons (Fsp3) is 1.00. The van der Waals surface area contributed by atoms with Crippen LogP contribution < -0.4 is 0 Å². The smallest absolute Gasteiger partial charge is 0.104 e. The third kappa shape index (κ3) is 4.34. The Labute approximate surface area is 82.9 Å². The van der Waals surface area contributed by atoms with E-state index in [0.717, 1.165) is 13.2 Å². The Balaban J connectivity index is 1.38. The first-order valence-corrected chi connectivity index (χ1v) is 4.91. The van der Waals surface area contributed by atoms with E-state index in [1.807, 2.05) is 0 Å². The number of hydrogen-bond donors (Lipinski definition) is 1. The summed E-state index contributed by atoms with van der Waals surface area (Å²) in [5.74, 6) is 0. The molecule has 14 heavy (non-hydrogen) atoms. The van der Waals surface area contributed by atoms with E-state index in [1.54, 1.807) is 0 Å². The SMILES string of the molecule is OC(COCC1CO1)COCC1CO1. The molecule has 0 aromatic carbocycles. The van der Waals surface area contributed by atoms with Crippen LogP contribution in [0.2, 0.25) is 0 Å². The summed E-state index contributed by atoms with van der Waals surface area (Å²) in [7, 11) is 0. The van der Waals surface area contributed by atoms with E-state index in [9.17, 15) is 5.11 Å². The van der Waals surface area contributed by atoms with Crippen LogP contribution in [0.5, 0.6) is 0 Å². The van der Waals surface area contributed by atoms with Gasteiger partial charge in [0.25, 0.3) is 0 Å². The minimum Gasteiger partial charge on any atom is -0.388 e. The largest absolute Gasteiger partial charge is 0.388 e. The van der Waals surface area contributed by atoms with Crippen molar-refractivity contribution in [3.05, 3.63) is 0 Å². The van der Waals surface area contributed by atoms with Crippen LogP contribution in [0.15, 0.2) is 0 Å². The van der Waals surface area contributed by atoms with Crippen LogP contribution in [0.25, 0.3) is 0 Å². The van der Waals surface area contributed by atoms with Gasteiger partial charge in [-0.1, -0.05) is 0 Å². The molecule has 0 aliphatic carbocycles. The standard InChI is InChI=1S/C9H16O5/c10-7(1-11-3-8-5-13-8)2-12-4-9-6-14-9/h7-10H,1-6H2. The molecule has 0 saturated carbocycles. The fourth-order valence-corrected chi connectivity index (χ4v) is 1.05. The van der Waals surface area contributed by atoms with E-state index in [-0.39, 0.29) is 12.2 Å². The van der Waals surface area contributed by atoms with Gasteiger partial charge in [0.1, 0.15) is 18.3 Å². The zero-order chi connectivity index (χ0) is 9.80. The molecule has 5 nitrogen and oxygen atoms in total. The van der Waals surface area contributed by atoms with Crippen molar-refractivity contribution in [1.82, 2.24) is 0 Å². The number of hydrogen-bond acceptors (Lipinski definition) is 5. The molecule has 2 saturated heterocycles. The van der Waals surface area contributed by atoms with Gasteiger partial charge in [-0.05, 0) is 0 Å². The van der Waals surface area contributed by atoms with E-state index >= 15 is 0 Å². The maximum atomic E-state index is 9.38. The maximum absolute atomic E-state index is 9.38. The van der Waals surface area contributed by atoms with Crippen molar-refractivity contribution < 1.29 is 24.1 Å². The van der Waals surface area contributed by atoms with Crippen LogP contribution >= 0.6 is 0 Å². The molecule has 2 heterocycles. The van der Waals surface area contributed by atoms with Gasteiger partial charge in [0.15, 0.2) is 0 Å². The molecule has 2 unspecified atom stereocenters. The number of rotatable bonds is 8. The molecule has 2 aliphatic rings. The number of epoxide rings is 2. The highest BCUT2D eigenvalue weighted by Gasteiger charge is 2.24. The second-order valence-corrected chi connectivity index (χ2v) is 3.64. The lowest BCUT2D eigenvalue weighted by atomic mass is 10.4. The van der Waals surface area contributed by atoms with Crippen molar-refractivity contribution >= 4 is 0 Å². The zero-order valence-electron chi connectivity index (χ0n) is 8.05. The van der Waals surface area contributed by atoms with Crippen LogP contribution in [-0.2, 0) is 18.9 Å². The van der Waals surface area contributed by atoms with E-state index in [1.165, 1.54) is 0 Å². The van der Waals surface area contributed by atoms with Gasteiger partial charge >= 0.3 is 0 Å². The molecule has 5 heteroatoms. The molecule has 1 N–H and O–H groups in total. The summed E-state index contributed by atoms with van der Waals surface area (Å²) in [6.45, 7) is 3.33. The lowest BCUT2D eigenvalue weighted by Crippen LogP contribution is -2.23. The average molecular weight is 204 g/mol. The predicted octanol–water partition coefficient (Wildman–Crippen LogP) is -0.822. The van der Waals surface area contributed by atoms with Gasteiger partial charge in [-0.25, -0.2) is 0 Å². The van der Waals surface area contributed by atoms with Gasteiger partial charge in [-0.3, -0.25) is 0 Å². The van der Waals surface area contributed by atoms with Gasteiger partial charge in [-0.15, -0.1) is 0 Å². The van der Waals surface area contributed by atoms with Gasteiger partial charge in [0.2, 0.25) is 0 Å². The Kier molecular flexibility index (Phi) is 3.72. The Morgan fingerprint density at radius 2 is 1.50 bits per heavy atom. The minimum atomic E-state index is -0.549. The fourth-order valence-electron chi connectivity index (χ4n) is 1.05. The lowest BCUT2D eigenvalue weighted by Gasteiger charge is -2.10. The quantitative estimate of drug-likeness (QED) is 0.523. The molecule has 0 aromatic rings. The summed E-state index contributed by atoms with van der Waals surface area (Å²) in [5, 5.41) is 9.38. The van der Waals surface area contributed by atoms with Gasteiger partial charge in [0, 0.05) is 0 Å². The predicted molar refractivity (Wildman–Crippen MR) is 47.1 cm³/mol. The van der Waals surface area contributed by atoms with Crippen LogP contribution in [0.1, 0.15) is 0 Å². The molecule has 2 atom stereocenters. The van der Waals surface area contributed by atoms with Crippen LogP contribution in [0.4, 0.5) is 0 Å². The summed E-state index contributed by atoms with van der Waals surface area (Å²) in [6.07, 6.45) is -0.0431. The van der Waals surface area contributed by atoms with E-state index in [2.05, 4.69) is 0 Å². The first-order valence-electron chi connectivity index (χ1n) is 4.91. The number of ether oxygens (including phenoxy) is 4. The Morgan fingerprint density at radius 1 is 1.07 bits per heavy atom. The highest BCUT2D eigenvalue weighted by molar-refractivity contribution is 4.69. The summed E-state index contributed by atoms with van der Waals surface area (Å²) >= 11 is 0. The van der Waals surface area contributed by atoms with Gasteiger partial charge in [0.05, 0.1) is 39.6 Å². The molecule has 82 valence electrons. The molecular formula is C9H16O5.